The van der Waals surface area contributed by atoms with Crippen LogP contribution >= 0.6 is 0 Å². The summed E-state index contributed by atoms with van der Waals surface area (Å²) in [5.41, 5.74) is 3.35. The third-order valence-corrected chi connectivity index (χ3v) is 5.80. The topological polar surface area (TPSA) is 90.2 Å². The first-order valence-electron chi connectivity index (χ1n) is 10.4. The lowest BCUT2D eigenvalue weighted by Gasteiger charge is -2.43. The van der Waals surface area contributed by atoms with Crippen molar-refractivity contribution in [1.29, 1.82) is 5.26 Å². The molecule has 0 atom stereocenters. The van der Waals surface area contributed by atoms with E-state index in [1.807, 2.05) is 30.3 Å². The van der Waals surface area contributed by atoms with Crippen LogP contribution < -0.4 is 10.2 Å². The van der Waals surface area contributed by atoms with Crippen LogP contribution in [0.1, 0.15) is 5.56 Å². The van der Waals surface area contributed by atoms with E-state index < -0.39 is 0 Å². The second kappa shape index (κ2) is 8.68. The molecule has 2 aliphatic rings. The Balaban J connectivity index is 1.25. The molecule has 2 fully saturated rings. The molecule has 31 heavy (non-hydrogen) atoms. The molecule has 5 rings (SSSR count). The number of benzene rings is 2. The molecule has 3 aromatic rings. The van der Waals surface area contributed by atoms with Crippen LogP contribution in [-0.4, -0.2) is 65.3 Å². The van der Waals surface area contributed by atoms with Gasteiger partial charge in [0.25, 0.3) is 0 Å². The standard InChI is InChI=1S/C23H23N7O/c24-13-17-3-1-2-4-21(17)22-25-16-26-23(28-22)27-18-5-7-19(8-6-18)29-9-11-30(12-10-29)20-14-31-15-20/h1-8,16,20H,9-12,14-15H2,(H,25,26,27,28). The molecule has 8 heteroatoms. The van der Waals surface area contributed by atoms with E-state index in [9.17, 15) is 5.26 Å². The van der Waals surface area contributed by atoms with E-state index in [0.717, 1.165) is 45.1 Å². The van der Waals surface area contributed by atoms with Crippen molar-refractivity contribution in [2.24, 2.45) is 0 Å². The first kappa shape index (κ1) is 19.4. The van der Waals surface area contributed by atoms with Crippen LogP contribution in [-0.2, 0) is 4.74 Å². The van der Waals surface area contributed by atoms with Gasteiger partial charge in [-0.05, 0) is 36.4 Å². The summed E-state index contributed by atoms with van der Waals surface area (Å²) in [6.45, 7) is 5.96. The maximum atomic E-state index is 9.33. The quantitative estimate of drug-likeness (QED) is 0.683. The second-order valence-corrected chi connectivity index (χ2v) is 7.68. The lowest BCUT2D eigenvalue weighted by Crippen LogP contribution is -2.56. The molecule has 3 heterocycles. The summed E-state index contributed by atoms with van der Waals surface area (Å²) in [7, 11) is 0. The Kier molecular flexibility index (Phi) is 5.44. The van der Waals surface area contributed by atoms with Crippen molar-refractivity contribution in [2.75, 3.05) is 49.6 Å². The molecule has 0 bridgehead atoms. The van der Waals surface area contributed by atoms with E-state index in [2.05, 4.69) is 48.3 Å². The number of nitrogens with zero attached hydrogens (tertiary/aromatic N) is 6. The molecule has 1 N–H and O–H groups in total. The zero-order chi connectivity index (χ0) is 21.0. The van der Waals surface area contributed by atoms with Crippen molar-refractivity contribution in [3.63, 3.8) is 0 Å². The van der Waals surface area contributed by atoms with Crippen molar-refractivity contribution >= 4 is 17.3 Å². The molecule has 8 nitrogen and oxygen atoms in total. The van der Waals surface area contributed by atoms with Crippen molar-refractivity contribution in [1.82, 2.24) is 19.9 Å². The first-order valence-corrected chi connectivity index (χ1v) is 10.4. The predicted octanol–water partition coefficient (Wildman–Crippen LogP) is 2.67. The molecule has 0 radical (unpaired) electrons. The van der Waals surface area contributed by atoms with Gasteiger partial charge in [-0.3, -0.25) is 4.90 Å². The number of hydrogen-bond acceptors (Lipinski definition) is 8. The van der Waals surface area contributed by atoms with E-state index in [0.29, 0.717) is 28.9 Å². The Bertz CT molecular complexity index is 1080. The van der Waals surface area contributed by atoms with Crippen molar-refractivity contribution < 1.29 is 4.74 Å². The normalized spacial score (nSPS) is 17.1. The fourth-order valence-electron chi connectivity index (χ4n) is 3.93. The van der Waals surface area contributed by atoms with Crippen LogP contribution in [0.5, 0.6) is 0 Å². The Hall–Kier alpha value is -3.54. The first-order chi connectivity index (χ1) is 15.3. The molecule has 2 aliphatic heterocycles. The van der Waals surface area contributed by atoms with E-state index >= 15 is 0 Å². The number of anilines is 3. The Morgan fingerprint density at radius 1 is 0.968 bits per heavy atom. The van der Waals surface area contributed by atoms with Crippen molar-refractivity contribution in [3.8, 4) is 17.5 Å². The summed E-state index contributed by atoms with van der Waals surface area (Å²) in [5, 5.41) is 12.6. The summed E-state index contributed by atoms with van der Waals surface area (Å²) in [6.07, 6.45) is 1.46. The van der Waals surface area contributed by atoms with Gasteiger partial charge in [-0.2, -0.15) is 10.2 Å². The number of aromatic nitrogens is 3. The number of nitriles is 1. The minimum atomic E-state index is 0.446. The average molecular weight is 413 g/mol. The zero-order valence-corrected chi connectivity index (χ0v) is 17.1. The average Bonchev–Trinajstić information content (AvgIpc) is 2.79. The van der Waals surface area contributed by atoms with Gasteiger partial charge in [0.15, 0.2) is 5.82 Å². The van der Waals surface area contributed by atoms with Crippen molar-refractivity contribution in [2.45, 2.75) is 6.04 Å². The smallest absolute Gasteiger partial charge is 0.230 e. The molecule has 1 aromatic heterocycles. The van der Waals surface area contributed by atoms with Crippen LogP contribution in [0, 0.1) is 11.3 Å². The molecular weight excluding hydrogens is 390 g/mol. The number of hydrogen-bond donors (Lipinski definition) is 1. The molecule has 0 aliphatic carbocycles. The Morgan fingerprint density at radius 2 is 1.74 bits per heavy atom. The SMILES string of the molecule is N#Cc1ccccc1-c1ncnc(Nc2ccc(N3CCN(C4COC4)CC3)cc2)n1. The van der Waals surface area contributed by atoms with Crippen LogP contribution in [0.3, 0.4) is 0 Å². The number of piperazine rings is 1. The minimum absolute atomic E-state index is 0.446. The fraction of sp³-hybridized carbons (Fsp3) is 0.304. The lowest BCUT2D eigenvalue weighted by molar-refractivity contribution is -0.0660. The number of rotatable bonds is 5. The van der Waals surface area contributed by atoms with E-state index in [4.69, 9.17) is 4.74 Å². The summed E-state index contributed by atoms with van der Waals surface area (Å²) in [4.78, 5) is 17.9. The molecule has 0 unspecified atom stereocenters. The van der Waals surface area contributed by atoms with Gasteiger partial charge < -0.3 is 15.0 Å². The summed E-state index contributed by atoms with van der Waals surface area (Å²) in [5.74, 6) is 0.919. The molecule has 2 saturated heterocycles. The van der Waals surface area contributed by atoms with Crippen LogP contribution in [0.15, 0.2) is 54.9 Å². The number of ether oxygens (including phenoxy) is 1. The molecular formula is C23H23N7O. The van der Waals surface area contributed by atoms with Crippen LogP contribution in [0.25, 0.3) is 11.4 Å². The highest BCUT2D eigenvalue weighted by Gasteiger charge is 2.28. The van der Waals surface area contributed by atoms with Gasteiger partial charge in [0.05, 0.1) is 30.9 Å². The van der Waals surface area contributed by atoms with Gasteiger partial charge in [0.1, 0.15) is 6.33 Å². The predicted molar refractivity (Wildman–Crippen MR) is 118 cm³/mol. The van der Waals surface area contributed by atoms with Crippen LogP contribution in [0.2, 0.25) is 0 Å². The van der Waals surface area contributed by atoms with Gasteiger partial charge in [0, 0.05) is 43.1 Å². The molecule has 0 saturated carbocycles. The summed E-state index contributed by atoms with van der Waals surface area (Å²) < 4.78 is 5.31. The zero-order valence-electron chi connectivity index (χ0n) is 17.1. The van der Waals surface area contributed by atoms with Gasteiger partial charge >= 0.3 is 0 Å². The second-order valence-electron chi connectivity index (χ2n) is 7.68. The molecule has 2 aromatic carbocycles. The highest BCUT2D eigenvalue weighted by atomic mass is 16.5. The van der Waals surface area contributed by atoms with Gasteiger partial charge in [-0.1, -0.05) is 12.1 Å². The highest BCUT2D eigenvalue weighted by Crippen LogP contribution is 2.24. The summed E-state index contributed by atoms with van der Waals surface area (Å²) >= 11 is 0. The lowest BCUT2D eigenvalue weighted by atomic mass is 10.1. The summed E-state index contributed by atoms with van der Waals surface area (Å²) in [6, 6.07) is 18.4. The maximum Gasteiger partial charge on any atom is 0.230 e. The van der Waals surface area contributed by atoms with Crippen molar-refractivity contribution in [3.05, 3.63) is 60.4 Å². The van der Waals surface area contributed by atoms with E-state index in [1.165, 1.54) is 12.0 Å². The molecule has 156 valence electrons. The third kappa shape index (κ3) is 4.19. The maximum absolute atomic E-state index is 9.33. The molecule has 0 amide bonds. The third-order valence-electron chi connectivity index (χ3n) is 5.80. The minimum Gasteiger partial charge on any atom is -0.378 e. The molecule has 0 spiro atoms. The van der Waals surface area contributed by atoms with E-state index in [-0.39, 0.29) is 0 Å². The Morgan fingerprint density at radius 3 is 2.45 bits per heavy atom. The fourth-order valence-corrected chi connectivity index (χ4v) is 3.93. The Labute approximate surface area is 181 Å². The monoisotopic (exact) mass is 413 g/mol. The van der Waals surface area contributed by atoms with Crippen LogP contribution in [0.4, 0.5) is 17.3 Å². The largest absolute Gasteiger partial charge is 0.378 e. The number of nitrogens with one attached hydrogen (secondary N) is 1. The van der Waals surface area contributed by atoms with E-state index in [1.54, 1.807) is 6.07 Å². The van der Waals surface area contributed by atoms with Gasteiger partial charge in [-0.25, -0.2) is 9.97 Å². The highest BCUT2D eigenvalue weighted by molar-refractivity contribution is 5.66. The van der Waals surface area contributed by atoms with Gasteiger partial charge in [0.2, 0.25) is 5.95 Å². The van der Waals surface area contributed by atoms with Gasteiger partial charge in [-0.15, -0.1) is 0 Å².